The molecule has 2 rings (SSSR count). The maximum atomic E-state index is 14.2. The van der Waals surface area contributed by atoms with Crippen LogP contribution < -0.4 is 11.1 Å². The van der Waals surface area contributed by atoms with E-state index in [1.54, 1.807) is 0 Å². The van der Waals surface area contributed by atoms with Gasteiger partial charge in [-0.2, -0.15) is 17.4 Å². The summed E-state index contributed by atoms with van der Waals surface area (Å²) in [5.74, 6) is -1.26. The van der Waals surface area contributed by atoms with Gasteiger partial charge in [-0.1, -0.05) is 0 Å². The number of hydrogen-bond donors (Lipinski definition) is 3. The van der Waals surface area contributed by atoms with Crippen LogP contribution in [-0.2, 0) is 17.3 Å². The first-order chi connectivity index (χ1) is 14.3. The molecule has 0 fully saturated rings. The highest BCUT2D eigenvalue weighted by atomic mass is 32.2. The topological polar surface area (TPSA) is 136 Å². The van der Waals surface area contributed by atoms with E-state index in [1.807, 2.05) is 0 Å². The number of anilines is 2. The van der Waals surface area contributed by atoms with E-state index in [1.165, 1.54) is 19.9 Å². The van der Waals surface area contributed by atoms with Crippen molar-refractivity contribution in [3.63, 3.8) is 0 Å². The molecule has 1 unspecified atom stereocenters. The lowest BCUT2D eigenvalue weighted by molar-refractivity contribution is -0.138. The average Bonchev–Trinajstić information content (AvgIpc) is 2.65. The van der Waals surface area contributed by atoms with Gasteiger partial charge in [-0.25, -0.2) is 14.4 Å². The van der Waals surface area contributed by atoms with Crippen molar-refractivity contribution in [2.45, 2.75) is 30.5 Å². The third-order valence-corrected chi connectivity index (χ3v) is 4.34. The lowest BCUT2D eigenvalue weighted by Crippen LogP contribution is -2.22. The lowest BCUT2D eigenvalue weighted by atomic mass is 10.1. The summed E-state index contributed by atoms with van der Waals surface area (Å²) in [6.07, 6.45) is -2.38. The maximum Gasteiger partial charge on any atom is 0.419 e. The number of aromatic nitrogens is 2. The Morgan fingerprint density at radius 3 is 2.58 bits per heavy atom. The highest BCUT2D eigenvalue weighted by Crippen LogP contribution is 2.34. The second kappa shape index (κ2) is 9.49. The van der Waals surface area contributed by atoms with E-state index in [0.29, 0.717) is 6.20 Å². The van der Waals surface area contributed by atoms with Crippen LogP contribution in [0.1, 0.15) is 25.1 Å². The minimum Gasteiger partial charge on any atom is -0.404 e. The van der Waals surface area contributed by atoms with Gasteiger partial charge in [0, 0.05) is 24.2 Å². The van der Waals surface area contributed by atoms with E-state index in [9.17, 15) is 26.9 Å². The van der Waals surface area contributed by atoms with Gasteiger partial charge < -0.3 is 20.7 Å². The standard InChI is InChI=1S/C18H19F4N5O3S/c1-17(2,28)9-24-7-10(6-23)15-12(18(20,21)22)8-25-16(27-15)26-14-4-3-11(31(29)30)5-13(14)19/h3-8,28H,9,23H2,1-2H3,(H,29,30)(H,25,26,27)/p+1/b10-6+,24-7?. The number of alkyl halides is 3. The minimum absolute atomic E-state index is 0.0894. The van der Waals surface area contributed by atoms with Crippen LogP contribution in [0.25, 0.3) is 5.57 Å². The first-order valence-corrected chi connectivity index (χ1v) is 9.75. The molecule has 0 saturated heterocycles. The fraction of sp³-hybridized carbons (Fsp3) is 0.278. The maximum absolute atomic E-state index is 14.2. The number of nitrogens with zero attached hydrogens (tertiary/aromatic N) is 3. The third-order valence-electron chi connectivity index (χ3n) is 3.66. The summed E-state index contributed by atoms with van der Waals surface area (Å²) in [4.78, 5) is 11.2. The average molecular weight is 462 g/mol. The van der Waals surface area contributed by atoms with Gasteiger partial charge in [-0.05, 0) is 32.0 Å². The molecule has 2 aromatic rings. The van der Waals surface area contributed by atoms with Gasteiger partial charge in [-0.3, -0.25) is 4.99 Å². The summed E-state index contributed by atoms with van der Waals surface area (Å²) < 4.78 is 72.7. The van der Waals surface area contributed by atoms with Crippen LogP contribution >= 0.6 is 0 Å². The number of benzene rings is 1. The molecule has 168 valence electrons. The number of rotatable bonds is 7. The molecule has 0 aliphatic carbocycles. The quantitative estimate of drug-likeness (QED) is 0.328. The van der Waals surface area contributed by atoms with E-state index in [0.717, 1.165) is 24.5 Å². The van der Waals surface area contributed by atoms with Crippen LogP contribution in [0, 0.1) is 5.82 Å². The van der Waals surface area contributed by atoms with Gasteiger partial charge in [0.15, 0.2) is 0 Å². The predicted octanol–water partition coefficient (Wildman–Crippen LogP) is 2.27. The van der Waals surface area contributed by atoms with Crippen LogP contribution in [-0.4, -0.2) is 42.2 Å². The molecule has 0 spiro atoms. The van der Waals surface area contributed by atoms with Crippen molar-refractivity contribution in [3.05, 3.63) is 47.7 Å². The van der Waals surface area contributed by atoms with Crippen LogP contribution in [0.4, 0.5) is 29.2 Å². The number of nitrogens with two attached hydrogens (primary N) is 1. The third kappa shape index (κ3) is 6.80. The Bertz CT molecular complexity index is 1040. The smallest absolute Gasteiger partial charge is 0.404 e. The zero-order chi connectivity index (χ0) is 23.4. The largest absolute Gasteiger partial charge is 0.419 e. The summed E-state index contributed by atoms with van der Waals surface area (Å²) >= 11 is -2.16. The Morgan fingerprint density at radius 2 is 2.06 bits per heavy atom. The highest BCUT2D eigenvalue weighted by Gasteiger charge is 2.36. The first-order valence-electron chi connectivity index (χ1n) is 8.60. The summed E-state index contributed by atoms with van der Waals surface area (Å²) in [6.45, 7) is 2.84. The van der Waals surface area contributed by atoms with Crippen molar-refractivity contribution in [1.82, 2.24) is 9.97 Å². The Balaban J connectivity index is 2.45. The molecule has 6 N–H and O–H groups in total. The first kappa shape index (κ1) is 24.4. The summed E-state index contributed by atoms with van der Waals surface area (Å²) in [6, 6.07) is 3.22. The van der Waals surface area contributed by atoms with Gasteiger partial charge >= 0.3 is 17.3 Å². The molecule has 1 aromatic heterocycles. The normalized spacial score (nSPS) is 14.1. The van der Waals surface area contributed by atoms with Gasteiger partial charge in [0.05, 0.1) is 23.5 Å². The van der Waals surface area contributed by atoms with Crippen molar-refractivity contribution in [3.8, 4) is 0 Å². The Hall–Kier alpha value is -2.90. The fourth-order valence-corrected chi connectivity index (χ4v) is 2.66. The van der Waals surface area contributed by atoms with Crippen molar-refractivity contribution < 1.29 is 31.4 Å². The number of hydrogen-bond acceptors (Lipinski definition) is 7. The van der Waals surface area contributed by atoms with E-state index < -0.39 is 39.9 Å². The monoisotopic (exact) mass is 462 g/mol. The van der Waals surface area contributed by atoms with Crippen LogP contribution in [0.5, 0.6) is 0 Å². The highest BCUT2D eigenvalue weighted by molar-refractivity contribution is 7.79. The molecule has 1 atom stereocenters. The van der Waals surface area contributed by atoms with Gasteiger partial charge in [0.1, 0.15) is 16.3 Å². The van der Waals surface area contributed by atoms with Crippen molar-refractivity contribution >= 4 is 34.5 Å². The zero-order valence-electron chi connectivity index (χ0n) is 16.4. The molecule has 0 radical (unpaired) electrons. The summed E-state index contributed by atoms with van der Waals surface area (Å²) in [5, 5.41) is 12.1. The van der Waals surface area contributed by atoms with Crippen LogP contribution in [0.3, 0.4) is 0 Å². The number of allylic oxidation sites excluding steroid dienone is 1. The SMILES string of the molecule is CC(C)(O)CN=C/C(=C\N)c1nc(Nc2ccc(S(=O)[OH2+])cc2F)ncc1C(F)(F)F. The Kier molecular flexibility index (Phi) is 7.46. The van der Waals surface area contributed by atoms with Crippen molar-refractivity contribution in [2.75, 3.05) is 11.9 Å². The molecule has 0 bridgehead atoms. The number of aliphatic hydroxyl groups is 1. The molecule has 1 aromatic carbocycles. The molecule has 0 amide bonds. The van der Waals surface area contributed by atoms with Crippen LogP contribution in [0.15, 0.2) is 40.5 Å². The van der Waals surface area contributed by atoms with Crippen LogP contribution in [0.2, 0.25) is 0 Å². The fourth-order valence-electron chi connectivity index (χ4n) is 2.25. The zero-order valence-corrected chi connectivity index (χ0v) is 17.2. The molecule has 13 heteroatoms. The molecule has 0 saturated carbocycles. The second-order valence-corrected chi connectivity index (χ2v) is 7.90. The number of nitrogens with one attached hydrogen (secondary N) is 1. The van der Waals surface area contributed by atoms with Gasteiger partial charge in [0.2, 0.25) is 5.95 Å². The van der Waals surface area contributed by atoms with E-state index in [2.05, 4.69) is 20.3 Å². The lowest BCUT2D eigenvalue weighted by Gasteiger charge is -2.15. The van der Waals surface area contributed by atoms with Gasteiger partial charge in [-0.15, -0.1) is 0 Å². The summed E-state index contributed by atoms with van der Waals surface area (Å²) in [5.41, 5.74) is 2.10. The Morgan fingerprint density at radius 1 is 1.39 bits per heavy atom. The van der Waals surface area contributed by atoms with Crippen molar-refractivity contribution in [2.24, 2.45) is 10.7 Å². The second-order valence-electron chi connectivity index (χ2n) is 6.89. The molecular weight excluding hydrogens is 442 g/mol. The predicted molar refractivity (Wildman–Crippen MR) is 109 cm³/mol. The number of halogens is 4. The molecule has 0 aliphatic heterocycles. The van der Waals surface area contributed by atoms with E-state index in [4.69, 9.17) is 10.3 Å². The molecule has 8 nitrogen and oxygen atoms in total. The Labute approximate surface area is 177 Å². The number of aliphatic imine (C=N–C) groups is 1. The molecule has 1 heterocycles. The minimum atomic E-state index is -4.81. The molecular formula is C18H20F4N5O3S+. The summed E-state index contributed by atoms with van der Waals surface area (Å²) in [7, 11) is 0. The molecule has 0 aliphatic rings. The van der Waals surface area contributed by atoms with Gasteiger partial charge in [0.25, 0.3) is 0 Å². The van der Waals surface area contributed by atoms with Crippen molar-refractivity contribution in [1.29, 1.82) is 0 Å². The molecule has 31 heavy (non-hydrogen) atoms. The van der Waals surface area contributed by atoms with E-state index in [-0.39, 0.29) is 28.6 Å². The van der Waals surface area contributed by atoms with E-state index >= 15 is 0 Å².